The number of carbonyl (C=O) groups is 2. The molecule has 5 aromatic rings. The van der Waals surface area contributed by atoms with Crippen LogP contribution in [0, 0.1) is 12.7 Å². The SMILES string of the molecule is Cc1ccc(Cc2cccc(C(F)(F)F)c2)c(N2C(=O)CSC2=NC(=O)Nc2ccc(-c3ncn(-c4ccc(OC(F)(F)F)cc4)n3)cc2F)c1. The van der Waals surface area contributed by atoms with Gasteiger partial charge in [0, 0.05) is 5.56 Å². The fraction of sp³-hybridized carbons (Fsp3) is 0.147. The van der Waals surface area contributed by atoms with Crippen molar-refractivity contribution in [2.24, 2.45) is 4.99 Å². The first kappa shape index (κ1) is 35.1. The van der Waals surface area contributed by atoms with Crippen LogP contribution in [0.25, 0.3) is 17.1 Å². The van der Waals surface area contributed by atoms with Crippen LogP contribution in [0.1, 0.15) is 22.3 Å². The Bertz CT molecular complexity index is 2150. The monoisotopic (exact) mass is 728 g/mol. The summed E-state index contributed by atoms with van der Waals surface area (Å²) in [5.41, 5.74) is 1.52. The number of aromatic nitrogens is 3. The molecule has 2 heterocycles. The number of amidine groups is 1. The quantitative estimate of drug-likeness (QED) is 0.169. The second-order valence-corrected chi connectivity index (χ2v) is 12.0. The molecule has 1 N–H and O–H groups in total. The lowest BCUT2D eigenvalue weighted by molar-refractivity contribution is -0.274. The molecule has 0 bridgehead atoms. The first-order valence-corrected chi connectivity index (χ1v) is 15.8. The molecule has 0 saturated carbocycles. The minimum atomic E-state index is -4.84. The Labute approximate surface area is 288 Å². The topological polar surface area (TPSA) is 102 Å². The standard InChI is InChI=1S/C34H23F7N6O3S/c1-19-5-6-21(14-20-3-2-4-23(15-20)33(36,37)38)28(13-19)47-29(48)17-51-32(47)44-31(49)43-27-12-7-22(16-26(27)35)30-42-18-46(45-30)24-8-10-25(11-9-24)50-34(39,40)41/h2-13,15-16,18H,14,17H2,1H3,(H,43,49). The predicted molar refractivity (Wildman–Crippen MR) is 175 cm³/mol. The van der Waals surface area contributed by atoms with Crippen molar-refractivity contribution < 1.29 is 45.1 Å². The van der Waals surface area contributed by atoms with Crippen molar-refractivity contribution in [1.29, 1.82) is 0 Å². The fourth-order valence-corrected chi connectivity index (χ4v) is 5.96. The molecule has 1 aromatic heterocycles. The van der Waals surface area contributed by atoms with Gasteiger partial charge in [-0.05, 0) is 84.6 Å². The van der Waals surface area contributed by atoms with E-state index in [9.17, 15) is 35.9 Å². The number of alkyl halides is 6. The second kappa shape index (κ2) is 13.9. The minimum absolute atomic E-state index is 0.00170. The number of ether oxygens (including phenoxy) is 1. The molecule has 9 nitrogen and oxygen atoms in total. The summed E-state index contributed by atoms with van der Waals surface area (Å²) >= 11 is 0.974. The minimum Gasteiger partial charge on any atom is -0.406 e. The fourth-order valence-electron chi connectivity index (χ4n) is 5.10. The number of amides is 3. The van der Waals surface area contributed by atoms with Crippen LogP contribution in [0.2, 0.25) is 0 Å². The van der Waals surface area contributed by atoms with E-state index in [0.717, 1.165) is 47.7 Å². The first-order chi connectivity index (χ1) is 24.1. The maximum atomic E-state index is 15.2. The number of aryl methyl sites for hydroxylation is 1. The normalized spacial score (nSPS) is 14.3. The van der Waals surface area contributed by atoms with Crippen molar-refractivity contribution in [3.63, 3.8) is 0 Å². The number of hydrogen-bond acceptors (Lipinski definition) is 6. The molecule has 1 saturated heterocycles. The number of nitrogens with one attached hydrogen (secondary N) is 1. The van der Waals surface area contributed by atoms with E-state index in [2.05, 4.69) is 25.1 Å². The largest absolute Gasteiger partial charge is 0.573 e. The molecule has 3 amide bonds. The Morgan fingerprint density at radius 1 is 0.980 bits per heavy atom. The molecule has 1 fully saturated rings. The zero-order chi connectivity index (χ0) is 36.5. The smallest absolute Gasteiger partial charge is 0.406 e. The van der Waals surface area contributed by atoms with Crippen LogP contribution in [0.5, 0.6) is 5.75 Å². The lowest BCUT2D eigenvalue weighted by atomic mass is 9.99. The summed E-state index contributed by atoms with van der Waals surface area (Å²) in [5.74, 6) is -1.66. The number of benzene rings is 4. The summed E-state index contributed by atoms with van der Waals surface area (Å²) in [6.45, 7) is 1.77. The summed E-state index contributed by atoms with van der Waals surface area (Å²) in [6.07, 6.45) is -8.03. The Balaban J connectivity index is 1.18. The highest BCUT2D eigenvalue weighted by atomic mass is 32.2. The highest BCUT2D eigenvalue weighted by Gasteiger charge is 2.34. The third-order valence-electron chi connectivity index (χ3n) is 7.39. The molecule has 51 heavy (non-hydrogen) atoms. The number of rotatable bonds is 7. The van der Waals surface area contributed by atoms with Gasteiger partial charge in [-0.1, -0.05) is 42.1 Å². The molecular formula is C34H23F7N6O3S. The number of hydrogen-bond donors (Lipinski definition) is 1. The van der Waals surface area contributed by atoms with Crippen LogP contribution < -0.4 is 15.0 Å². The molecule has 1 aliphatic rings. The summed E-state index contributed by atoms with van der Waals surface area (Å²) in [6, 6.07) is 17.6. The van der Waals surface area contributed by atoms with Gasteiger partial charge in [-0.25, -0.2) is 18.9 Å². The number of carbonyl (C=O) groups excluding carboxylic acids is 2. The van der Waals surface area contributed by atoms with E-state index in [1.807, 2.05) is 0 Å². The molecule has 0 unspecified atom stereocenters. The van der Waals surface area contributed by atoms with Crippen LogP contribution >= 0.6 is 11.8 Å². The van der Waals surface area contributed by atoms with Gasteiger partial charge in [-0.3, -0.25) is 9.69 Å². The Morgan fingerprint density at radius 2 is 1.75 bits per heavy atom. The van der Waals surface area contributed by atoms with Gasteiger partial charge in [0.05, 0.1) is 28.4 Å². The zero-order valence-corrected chi connectivity index (χ0v) is 26.9. The molecule has 0 atom stereocenters. The lowest BCUT2D eigenvalue weighted by Crippen LogP contribution is -2.31. The third-order valence-corrected chi connectivity index (χ3v) is 8.31. The number of anilines is 2. The van der Waals surface area contributed by atoms with Crippen LogP contribution in [0.15, 0.2) is 96.2 Å². The molecule has 0 spiro atoms. The zero-order valence-electron chi connectivity index (χ0n) is 26.1. The number of thioether (sulfide) groups is 1. The van der Waals surface area contributed by atoms with Gasteiger partial charge in [0.15, 0.2) is 11.0 Å². The Morgan fingerprint density at radius 3 is 2.45 bits per heavy atom. The van der Waals surface area contributed by atoms with Crippen molar-refractivity contribution in [3.8, 4) is 22.8 Å². The van der Waals surface area contributed by atoms with Gasteiger partial charge in [-0.2, -0.15) is 18.2 Å². The number of nitrogens with zero attached hydrogens (tertiary/aromatic N) is 5. The van der Waals surface area contributed by atoms with Crippen molar-refractivity contribution in [2.75, 3.05) is 16.0 Å². The maximum Gasteiger partial charge on any atom is 0.573 e. The summed E-state index contributed by atoms with van der Waals surface area (Å²) in [7, 11) is 0. The highest BCUT2D eigenvalue weighted by molar-refractivity contribution is 8.15. The van der Waals surface area contributed by atoms with Gasteiger partial charge in [0.2, 0.25) is 5.91 Å². The average Bonchev–Trinajstić information content (AvgIpc) is 3.69. The van der Waals surface area contributed by atoms with Crippen molar-refractivity contribution in [2.45, 2.75) is 25.9 Å². The maximum absolute atomic E-state index is 15.2. The van der Waals surface area contributed by atoms with E-state index in [1.165, 1.54) is 46.2 Å². The molecule has 6 rings (SSSR count). The predicted octanol–water partition coefficient (Wildman–Crippen LogP) is 8.56. The van der Waals surface area contributed by atoms with E-state index in [-0.39, 0.29) is 34.4 Å². The van der Waals surface area contributed by atoms with E-state index in [1.54, 1.807) is 31.2 Å². The van der Waals surface area contributed by atoms with Crippen molar-refractivity contribution in [3.05, 3.63) is 119 Å². The third kappa shape index (κ3) is 8.37. The second-order valence-electron chi connectivity index (χ2n) is 11.1. The van der Waals surface area contributed by atoms with Crippen LogP contribution in [-0.4, -0.2) is 44.0 Å². The molecular weight excluding hydrogens is 705 g/mol. The van der Waals surface area contributed by atoms with Gasteiger partial charge < -0.3 is 10.1 Å². The van der Waals surface area contributed by atoms with E-state index in [0.29, 0.717) is 22.5 Å². The van der Waals surface area contributed by atoms with Crippen LogP contribution in [0.4, 0.5) is 46.9 Å². The van der Waals surface area contributed by atoms with Crippen molar-refractivity contribution in [1.82, 2.24) is 14.8 Å². The Kier molecular flexibility index (Phi) is 9.57. The van der Waals surface area contributed by atoms with E-state index in [4.69, 9.17) is 0 Å². The molecule has 4 aromatic carbocycles. The van der Waals surface area contributed by atoms with Crippen molar-refractivity contribution >= 4 is 40.2 Å². The number of urea groups is 1. The molecule has 17 heteroatoms. The number of aliphatic imine (C=N–C) groups is 1. The average molecular weight is 729 g/mol. The van der Waals surface area contributed by atoms with E-state index < -0.39 is 41.6 Å². The van der Waals surface area contributed by atoms with E-state index >= 15 is 4.39 Å². The summed E-state index contributed by atoms with van der Waals surface area (Å²) in [5, 5.41) is 6.57. The van der Waals surface area contributed by atoms with Gasteiger partial charge in [-0.15, -0.1) is 18.3 Å². The lowest BCUT2D eigenvalue weighted by Gasteiger charge is -2.21. The first-order valence-electron chi connectivity index (χ1n) is 14.8. The molecule has 1 aliphatic heterocycles. The number of halogens is 7. The van der Waals surface area contributed by atoms with Crippen LogP contribution in [-0.2, 0) is 17.4 Å². The van der Waals surface area contributed by atoms with Crippen LogP contribution in [0.3, 0.4) is 0 Å². The summed E-state index contributed by atoms with van der Waals surface area (Å²) in [4.78, 5) is 35.4. The summed E-state index contributed by atoms with van der Waals surface area (Å²) < 4.78 is 97.6. The van der Waals surface area contributed by atoms with Gasteiger partial charge in [0.1, 0.15) is 17.9 Å². The molecule has 262 valence electrons. The van der Waals surface area contributed by atoms with Gasteiger partial charge >= 0.3 is 18.6 Å². The van der Waals surface area contributed by atoms with Gasteiger partial charge in [0.25, 0.3) is 0 Å². The Hall–Kier alpha value is -5.71. The molecule has 0 radical (unpaired) electrons. The molecule has 0 aliphatic carbocycles. The highest BCUT2D eigenvalue weighted by Crippen LogP contribution is 2.34.